The number of carboxylic acids is 1. The summed E-state index contributed by atoms with van der Waals surface area (Å²) >= 11 is 0. The first-order valence-corrected chi connectivity index (χ1v) is 13.3. The van der Waals surface area contributed by atoms with E-state index in [-0.39, 0.29) is 0 Å². The zero-order chi connectivity index (χ0) is 25.6. The number of hydrogen-bond acceptors (Lipinski definition) is 4. The maximum absolute atomic E-state index is 12.9. The van der Waals surface area contributed by atoms with Crippen LogP contribution in [0.15, 0.2) is 24.3 Å². The molecule has 1 atom stereocenters. The Labute approximate surface area is 204 Å². The van der Waals surface area contributed by atoms with Gasteiger partial charge in [-0.2, -0.15) is 4.31 Å². The summed E-state index contributed by atoms with van der Waals surface area (Å²) < 4.78 is 33.5. The average Bonchev–Trinajstić information content (AvgIpc) is 2.74. The van der Waals surface area contributed by atoms with Gasteiger partial charge in [-0.25, -0.2) is 13.2 Å². The first-order chi connectivity index (χ1) is 15.6. The number of ether oxygens (including phenoxy) is 1. The molecule has 186 valence electrons. The number of nitrogens with zero attached hydrogens (tertiary/aromatic N) is 1. The maximum atomic E-state index is 12.9. The molecule has 1 N–H and O–H groups in total. The minimum absolute atomic E-state index is 0.291. The van der Waals surface area contributed by atoms with Crippen LogP contribution in [0.2, 0.25) is 0 Å². The van der Waals surface area contributed by atoms with Crippen molar-refractivity contribution in [2.45, 2.75) is 85.3 Å². The van der Waals surface area contributed by atoms with Crippen molar-refractivity contribution in [2.75, 3.05) is 6.54 Å². The highest BCUT2D eigenvalue weighted by molar-refractivity contribution is 7.89. The monoisotopic (exact) mass is 487 g/mol. The van der Waals surface area contributed by atoms with Crippen LogP contribution in [-0.2, 0) is 32.5 Å². The van der Waals surface area contributed by atoms with Gasteiger partial charge >= 0.3 is 5.97 Å². The second-order valence-corrected chi connectivity index (χ2v) is 13.0. The highest BCUT2D eigenvalue weighted by Crippen LogP contribution is 2.43. The molecule has 0 bridgehead atoms. The molecule has 0 saturated heterocycles. The molecule has 0 radical (unpaired) electrons. The van der Waals surface area contributed by atoms with Crippen molar-refractivity contribution in [3.8, 4) is 11.1 Å². The van der Waals surface area contributed by atoms with Gasteiger partial charge in [-0.05, 0) is 95.2 Å². The van der Waals surface area contributed by atoms with E-state index in [2.05, 4.69) is 0 Å². The number of aliphatic carboxylic acids is 1. The average molecular weight is 488 g/mol. The Balaban J connectivity index is 2.32. The third-order valence-corrected chi connectivity index (χ3v) is 8.74. The molecular weight excluding hydrogens is 450 g/mol. The van der Waals surface area contributed by atoms with Gasteiger partial charge in [0.2, 0.25) is 10.0 Å². The van der Waals surface area contributed by atoms with Gasteiger partial charge in [0.25, 0.3) is 0 Å². The lowest BCUT2D eigenvalue weighted by atomic mass is 9.80. The van der Waals surface area contributed by atoms with Crippen molar-refractivity contribution in [1.29, 1.82) is 0 Å². The number of fused-ring (bicyclic) bond motifs is 1. The summed E-state index contributed by atoms with van der Waals surface area (Å²) in [6, 6.07) is 8.00. The Hall–Kier alpha value is -2.22. The highest BCUT2D eigenvalue weighted by atomic mass is 32.2. The van der Waals surface area contributed by atoms with Gasteiger partial charge in [-0.3, -0.25) is 0 Å². The Kier molecular flexibility index (Phi) is 7.32. The molecule has 3 rings (SSSR count). The van der Waals surface area contributed by atoms with Crippen LogP contribution < -0.4 is 0 Å². The second-order valence-electron chi connectivity index (χ2n) is 10.5. The van der Waals surface area contributed by atoms with Crippen LogP contribution >= 0.6 is 0 Å². The lowest BCUT2D eigenvalue weighted by Crippen LogP contribution is -2.40. The first-order valence-electron chi connectivity index (χ1n) is 11.8. The fraction of sp³-hybridized carbons (Fsp3) is 0.519. The number of hydrogen-bond donors (Lipinski definition) is 1. The van der Waals surface area contributed by atoms with Crippen LogP contribution in [0, 0.1) is 20.8 Å². The summed E-state index contributed by atoms with van der Waals surface area (Å²) in [6.07, 6.45) is -0.602. The lowest BCUT2D eigenvalue weighted by molar-refractivity contribution is -0.160. The van der Waals surface area contributed by atoms with Gasteiger partial charge in [-0.15, -0.1) is 0 Å². The summed E-state index contributed by atoms with van der Waals surface area (Å²) in [5.41, 5.74) is 6.59. The molecule has 7 heteroatoms. The van der Waals surface area contributed by atoms with Crippen LogP contribution in [-0.4, -0.2) is 41.2 Å². The molecule has 0 amide bonds. The van der Waals surface area contributed by atoms with Gasteiger partial charge < -0.3 is 9.84 Å². The highest BCUT2D eigenvalue weighted by Gasteiger charge is 2.36. The molecule has 0 aliphatic carbocycles. The van der Waals surface area contributed by atoms with Crippen molar-refractivity contribution >= 4 is 16.0 Å². The predicted molar refractivity (Wildman–Crippen MR) is 135 cm³/mol. The lowest BCUT2D eigenvalue weighted by Gasteiger charge is -2.35. The van der Waals surface area contributed by atoms with Crippen LogP contribution in [0.4, 0.5) is 0 Å². The number of aryl methyl sites for hydroxylation is 1. The number of benzene rings is 2. The Bertz CT molecular complexity index is 1190. The molecule has 0 aromatic heterocycles. The molecule has 0 fully saturated rings. The minimum atomic E-state index is -3.40. The molecule has 2 aromatic rings. The van der Waals surface area contributed by atoms with E-state index in [0.29, 0.717) is 25.1 Å². The van der Waals surface area contributed by atoms with Crippen LogP contribution in [0.1, 0.15) is 74.1 Å². The van der Waals surface area contributed by atoms with Gasteiger partial charge in [0.05, 0.1) is 10.9 Å². The van der Waals surface area contributed by atoms with Crippen molar-refractivity contribution in [3.05, 3.63) is 57.6 Å². The zero-order valence-electron chi connectivity index (χ0n) is 21.5. The van der Waals surface area contributed by atoms with Gasteiger partial charge in [0.1, 0.15) is 0 Å². The van der Waals surface area contributed by atoms with Crippen molar-refractivity contribution in [3.63, 3.8) is 0 Å². The van der Waals surface area contributed by atoms with Crippen molar-refractivity contribution in [2.24, 2.45) is 0 Å². The van der Waals surface area contributed by atoms with Crippen LogP contribution in [0.25, 0.3) is 11.1 Å². The SMILES string of the molecule is Cc1ccc(-c2c(C)c3c(c(C)c2[C@H](OC(C)(C)C)C(=O)O)CCN(S(=O)(=O)C(C)C)C3)cc1. The Morgan fingerprint density at radius 3 is 2.12 bits per heavy atom. The van der Waals surface area contributed by atoms with Crippen molar-refractivity contribution in [1.82, 2.24) is 4.31 Å². The molecule has 1 aliphatic heterocycles. The predicted octanol–water partition coefficient (Wildman–Crippen LogP) is 5.32. The molecule has 1 heterocycles. The van der Waals surface area contributed by atoms with Gasteiger partial charge in [0, 0.05) is 18.7 Å². The Morgan fingerprint density at radius 2 is 1.62 bits per heavy atom. The summed E-state index contributed by atoms with van der Waals surface area (Å²) in [6.45, 7) is 15.5. The standard InChI is InChI=1S/C27H37NO5S/c1-16(2)34(31,32)28-14-13-21-18(4)24(25(26(29)30)33-27(6,7)8)23(19(5)22(21)15-28)20-11-9-17(3)10-12-20/h9-12,16,25H,13-15H2,1-8H3,(H,29,30)/t25-/m0/s1. The minimum Gasteiger partial charge on any atom is -0.479 e. The van der Waals surface area contributed by atoms with E-state index in [1.807, 2.05) is 65.8 Å². The largest absolute Gasteiger partial charge is 0.479 e. The zero-order valence-corrected chi connectivity index (χ0v) is 22.3. The topological polar surface area (TPSA) is 83.9 Å². The molecule has 34 heavy (non-hydrogen) atoms. The summed E-state index contributed by atoms with van der Waals surface area (Å²) in [4.78, 5) is 12.5. The maximum Gasteiger partial charge on any atom is 0.337 e. The van der Waals surface area contributed by atoms with Crippen molar-refractivity contribution < 1.29 is 23.1 Å². The fourth-order valence-corrected chi connectivity index (χ4v) is 5.97. The molecular formula is C27H37NO5S. The molecule has 0 unspecified atom stereocenters. The number of carboxylic acid groups (broad SMARTS) is 1. The summed E-state index contributed by atoms with van der Waals surface area (Å²) in [5, 5.41) is 9.72. The first kappa shape index (κ1) is 26.4. The van der Waals surface area contributed by atoms with E-state index in [1.165, 1.54) is 0 Å². The number of carbonyl (C=O) groups is 1. The van der Waals surface area contributed by atoms with E-state index in [4.69, 9.17) is 4.74 Å². The number of rotatable bonds is 6. The molecule has 0 spiro atoms. The summed E-state index contributed by atoms with van der Waals surface area (Å²) in [5.74, 6) is -1.04. The normalized spacial score (nSPS) is 15.9. The molecule has 0 saturated carbocycles. The Morgan fingerprint density at radius 1 is 1.03 bits per heavy atom. The number of sulfonamides is 1. The van der Waals surface area contributed by atoms with E-state index in [9.17, 15) is 18.3 Å². The molecule has 2 aromatic carbocycles. The van der Waals surface area contributed by atoms with Crippen LogP contribution in [0.3, 0.4) is 0 Å². The third kappa shape index (κ3) is 5.07. The third-order valence-electron chi connectivity index (χ3n) is 6.52. The second kappa shape index (κ2) is 9.44. The quantitative estimate of drug-likeness (QED) is 0.596. The molecule has 1 aliphatic rings. The van der Waals surface area contributed by atoms with E-state index in [1.54, 1.807) is 18.2 Å². The smallest absolute Gasteiger partial charge is 0.337 e. The van der Waals surface area contributed by atoms with E-state index >= 15 is 0 Å². The van der Waals surface area contributed by atoms with Gasteiger partial charge in [0.15, 0.2) is 6.10 Å². The summed E-state index contributed by atoms with van der Waals surface area (Å²) in [7, 11) is -3.40. The van der Waals surface area contributed by atoms with E-state index in [0.717, 1.165) is 38.9 Å². The van der Waals surface area contributed by atoms with Crippen LogP contribution in [0.5, 0.6) is 0 Å². The molecule has 6 nitrogen and oxygen atoms in total. The van der Waals surface area contributed by atoms with E-state index < -0.39 is 32.9 Å². The fourth-order valence-electron chi connectivity index (χ4n) is 4.72. The van der Waals surface area contributed by atoms with Gasteiger partial charge in [-0.1, -0.05) is 29.8 Å².